The zero-order valence-electron chi connectivity index (χ0n) is 9.68. The van der Waals surface area contributed by atoms with Crippen LogP contribution in [-0.2, 0) is 4.79 Å². The molecule has 0 fully saturated rings. The molecule has 82 valence electrons. The standard InChI is InChI=1S/C11H22N2O/c1-9(2)5-7-12-8-6-11(14)13-10(3)4/h5,10,12H,6-8H2,1-4H3,(H,13,14). The van der Waals surface area contributed by atoms with E-state index in [1.54, 1.807) is 0 Å². The van der Waals surface area contributed by atoms with E-state index in [4.69, 9.17) is 0 Å². The van der Waals surface area contributed by atoms with Crippen LogP contribution in [0.4, 0.5) is 0 Å². The summed E-state index contributed by atoms with van der Waals surface area (Å²) in [5, 5.41) is 6.03. The average molecular weight is 198 g/mol. The quantitative estimate of drug-likeness (QED) is 0.501. The van der Waals surface area contributed by atoms with Gasteiger partial charge in [0.05, 0.1) is 0 Å². The first-order chi connectivity index (χ1) is 6.52. The van der Waals surface area contributed by atoms with Crippen LogP contribution in [0.15, 0.2) is 11.6 Å². The van der Waals surface area contributed by atoms with Crippen molar-refractivity contribution >= 4 is 5.91 Å². The molecule has 0 aliphatic heterocycles. The van der Waals surface area contributed by atoms with Crippen molar-refractivity contribution in [2.75, 3.05) is 13.1 Å². The van der Waals surface area contributed by atoms with Crippen molar-refractivity contribution < 1.29 is 4.79 Å². The Labute approximate surface area is 87.0 Å². The first-order valence-electron chi connectivity index (χ1n) is 5.16. The minimum absolute atomic E-state index is 0.115. The summed E-state index contributed by atoms with van der Waals surface area (Å²) in [5.41, 5.74) is 1.30. The van der Waals surface area contributed by atoms with Crippen LogP contribution in [0.5, 0.6) is 0 Å². The third-order valence-corrected chi connectivity index (χ3v) is 1.63. The summed E-state index contributed by atoms with van der Waals surface area (Å²) in [7, 11) is 0. The highest BCUT2D eigenvalue weighted by atomic mass is 16.1. The highest BCUT2D eigenvalue weighted by Gasteiger charge is 2.01. The first kappa shape index (κ1) is 13.2. The van der Waals surface area contributed by atoms with Crippen molar-refractivity contribution in [1.29, 1.82) is 0 Å². The third-order valence-electron chi connectivity index (χ3n) is 1.63. The molecule has 0 unspecified atom stereocenters. The van der Waals surface area contributed by atoms with E-state index in [0.717, 1.165) is 13.1 Å². The molecule has 0 aliphatic rings. The maximum Gasteiger partial charge on any atom is 0.221 e. The van der Waals surface area contributed by atoms with Gasteiger partial charge in [0.1, 0.15) is 0 Å². The van der Waals surface area contributed by atoms with Gasteiger partial charge in [-0.05, 0) is 27.7 Å². The Kier molecular flexibility index (Phi) is 7.11. The predicted molar refractivity (Wildman–Crippen MR) is 60.2 cm³/mol. The molecule has 3 heteroatoms. The van der Waals surface area contributed by atoms with Gasteiger partial charge in [-0.3, -0.25) is 4.79 Å². The number of amides is 1. The average Bonchev–Trinajstić information content (AvgIpc) is 2.01. The Bertz CT molecular complexity index is 193. The minimum Gasteiger partial charge on any atom is -0.354 e. The molecule has 3 nitrogen and oxygen atoms in total. The topological polar surface area (TPSA) is 41.1 Å². The molecular formula is C11H22N2O. The molecule has 1 amide bonds. The van der Waals surface area contributed by atoms with Gasteiger partial charge in [-0.15, -0.1) is 0 Å². The number of nitrogens with one attached hydrogen (secondary N) is 2. The molecule has 0 atom stereocenters. The number of hydrogen-bond donors (Lipinski definition) is 2. The van der Waals surface area contributed by atoms with Crippen LogP contribution in [0.1, 0.15) is 34.1 Å². The summed E-state index contributed by atoms with van der Waals surface area (Å²) in [4.78, 5) is 11.2. The van der Waals surface area contributed by atoms with Crippen molar-refractivity contribution in [3.05, 3.63) is 11.6 Å². The summed E-state index contributed by atoms with van der Waals surface area (Å²) >= 11 is 0. The van der Waals surface area contributed by atoms with Crippen molar-refractivity contribution in [1.82, 2.24) is 10.6 Å². The fourth-order valence-electron chi connectivity index (χ4n) is 0.974. The number of carbonyl (C=O) groups is 1. The van der Waals surface area contributed by atoms with Crippen LogP contribution in [0, 0.1) is 0 Å². The summed E-state index contributed by atoms with van der Waals surface area (Å²) in [6.45, 7) is 9.64. The van der Waals surface area contributed by atoms with E-state index in [0.29, 0.717) is 6.42 Å². The van der Waals surface area contributed by atoms with Crippen LogP contribution in [0.3, 0.4) is 0 Å². The second kappa shape index (κ2) is 7.56. The van der Waals surface area contributed by atoms with E-state index in [1.807, 2.05) is 13.8 Å². The van der Waals surface area contributed by atoms with Gasteiger partial charge >= 0.3 is 0 Å². The Morgan fingerprint density at radius 1 is 1.36 bits per heavy atom. The molecule has 0 rings (SSSR count). The molecule has 0 aromatic heterocycles. The maximum absolute atomic E-state index is 11.2. The Morgan fingerprint density at radius 3 is 2.50 bits per heavy atom. The second-order valence-electron chi connectivity index (χ2n) is 3.96. The summed E-state index contributed by atoms with van der Waals surface area (Å²) in [6.07, 6.45) is 2.66. The number of rotatable bonds is 6. The Balaban J connectivity index is 3.36. The zero-order chi connectivity index (χ0) is 11.0. The van der Waals surface area contributed by atoms with E-state index in [1.165, 1.54) is 5.57 Å². The molecule has 0 aromatic carbocycles. The van der Waals surface area contributed by atoms with Gasteiger partial charge in [-0.2, -0.15) is 0 Å². The van der Waals surface area contributed by atoms with Gasteiger partial charge in [0, 0.05) is 25.6 Å². The second-order valence-corrected chi connectivity index (χ2v) is 3.96. The molecule has 0 radical (unpaired) electrons. The molecule has 0 saturated carbocycles. The number of hydrogen-bond acceptors (Lipinski definition) is 2. The zero-order valence-corrected chi connectivity index (χ0v) is 9.68. The molecule has 2 N–H and O–H groups in total. The lowest BCUT2D eigenvalue weighted by Crippen LogP contribution is -2.32. The minimum atomic E-state index is 0.115. The lowest BCUT2D eigenvalue weighted by atomic mass is 10.3. The van der Waals surface area contributed by atoms with Crippen LogP contribution in [-0.4, -0.2) is 25.0 Å². The van der Waals surface area contributed by atoms with Crippen molar-refractivity contribution in [3.63, 3.8) is 0 Å². The van der Waals surface area contributed by atoms with E-state index < -0.39 is 0 Å². The molecule has 0 saturated heterocycles. The third kappa shape index (κ3) is 9.26. The van der Waals surface area contributed by atoms with Crippen molar-refractivity contribution in [2.45, 2.75) is 40.2 Å². The fourth-order valence-corrected chi connectivity index (χ4v) is 0.974. The maximum atomic E-state index is 11.2. The molecule has 0 aliphatic carbocycles. The smallest absolute Gasteiger partial charge is 0.221 e. The van der Waals surface area contributed by atoms with Crippen LogP contribution >= 0.6 is 0 Å². The molecule has 0 heterocycles. The van der Waals surface area contributed by atoms with E-state index in [2.05, 4.69) is 30.6 Å². The summed E-state index contributed by atoms with van der Waals surface area (Å²) in [5.74, 6) is 0.115. The van der Waals surface area contributed by atoms with E-state index in [-0.39, 0.29) is 11.9 Å². The van der Waals surface area contributed by atoms with E-state index >= 15 is 0 Å². The summed E-state index contributed by atoms with van der Waals surface area (Å²) in [6, 6.07) is 0.236. The van der Waals surface area contributed by atoms with Crippen LogP contribution in [0.25, 0.3) is 0 Å². The van der Waals surface area contributed by atoms with E-state index in [9.17, 15) is 4.79 Å². The molecule has 0 aromatic rings. The largest absolute Gasteiger partial charge is 0.354 e. The molecule has 0 bridgehead atoms. The monoisotopic (exact) mass is 198 g/mol. The SMILES string of the molecule is CC(C)=CCNCCC(=O)NC(C)C. The van der Waals surface area contributed by atoms with Crippen molar-refractivity contribution in [3.8, 4) is 0 Å². The molecule has 14 heavy (non-hydrogen) atoms. The van der Waals surface area contributed by atoms with Gasteiger partial charge in [0.25, 0.3) is 0 Å². The van der Waals surface area contributed by atoms with Crippen molar-refractivity contribution in [2.24, 2.45) is 0 Å². The van der Waals surface area contributed by atoms with Crippen LogP contribution in [0.2, 0.25) is 0 Å². The van der Waals surface area contributed by atoms with Gasteiger partial charge in [0.15, 0.2) is 0 Å². The first-order valence-corrected chi connectivity index (χ1v) is 5.16. The van der Waals surface area contributed by atoms with Gasteiger partial charge in [-0.1, -0.05) is 11.6 Å². The Hall–Kier alpha value is -0.830. The number of allylic oxidation sites excluding steroid dienone is 1. The molecular weight excluding hydrogens is 176 g/mol. The fraction of sp³-hybridized carbons (Fsp3) is 0.727. The predicted octanol–water partition coefficient (Wildman–Crippen LogP) is 1.46. The molecule has 0 spiro atoms. The van der Waals surface area contributed by atoms with Gasteiger partial charge in [0.2, 0.25) is 5.91 Å². The Morgan fingerprint density at radius 2 is 2.00 bits per heavy atom. The lowest BCUT2D eigenvalue weighted by Gasteiger charge is -2.07. The number of carbonyl (C=O) groups excluding carboxylic acids is 1. The van der Waals surface area contributed by atoms with Gasteiger partial charge < -0.3 is 10.6 Å². The summed E-state index contributed by atoms with van der Waals surface area (Å²) < 4.78 is 0. The lowest BCUT2D eigenvalue weighted by molar-refractivity contribution is -0.121. The highest BCUT2D eigenvalue weighted by molar-refractivity contribution is 5.76. The normalized spacial score (nSPS) is 10.1. The highest BCUT2D eigenvalue weighted by Crippen LogP contribution is 1.86. The van der Waals surface area contributed by atoms with Gasteiger partial charge in [-0.25, -0.2) is 0 Å². The van der Waals surface area contributed by atoms with Crippen LogP contribution < -0.4 is 10.6 Å².